The molecule has 0 radical (unpaired) electrons. The Hall–Kier alpha value is -4.08. The minimum atomic E-state index is -3.96. The normalized spacial score (nSPS) is 13.1. The molecule has 190 valence electrons. The first-order valence-corrected chi connectivity index (χ1v) is 14.3. The number of amides is 1. The van der Waals surface area contributed by atoms with Gasteiger partial charge in [0.2, 0.25) is 5.91 Å². The van der Waals surface area contributed by atoms with E-state index in [0.29, 0.717) is 34.3 Å². The molecule has 0 saturated heterocycles. The number of aromatic nitrogens is 1. The Labute approximate surface area is 224 Å². The summed E-state index contributed by atoms with van der Waals surface area (Å²) in [6.45, 7) is 2.04. The SMILES string of the molecule is CC(=O)N1CCc2cc(S(=O)(=O)Nc3cc(Sc4cccc5cccnc45)c(O)c4ccccc34)ccc21. The lowest BCUT2D eigenvalue weighted by atomic mass is 10.1. The minimum absolute atomic E-state index is 0.0699. The molecule has 6 rings (SSSR count). The molecule has 0 aliphatic carbocycles. The van der Waals surface area contributed by atoms with Crippen LogP contribution in [0.5, 0.6) is 5.75 Å². The molecule has 38 heavy (non-hydrogen) atoms. The smallest absolute Gasteiger partial charge is 0.261 e. The van der Waals surface area contributed by atoms with E-state index in [1.54, 1.807) is 53.6 Å². The zero-order chi connectivity index (χ0) is 26.4. The van der Waals surface area contributed by atoms with E-state index in [9.17, 15) is 18.3 Å². The van der Waals surface area contributed by atoms with Crippen molar-refractivity contribution in [1.82, 2.24) is 4.98 Å². The summed E-state index contributed by atoms with van der Waals surface area (Å²) in [6.07, 6.45) is 2.32. The van der Waals surface area contributed by atoms with Crippen molar-refractivity contribution in [3.63, 3.8) is 0 Å². The summed E-state index contributed by atoms with van der Waals surface area (Å²) in [5, 5.41) is 13.2. The Morgan fingerprint density at radius 2 is 1.76 bits per heavy atom. The van der Waals surface area contributed by atoms with E-state index in [1.807, 2.05) is 30.3 Å². The van der Waals surface area contributed by atoms with Crippen LogP contribution in [0.15, 0.2) is 99.7 Å². The number of phenols is 1. The first-order chi connectivity index (χ1) is 18.3. The number of hydrogen-bond acceptors (Lipinski definition) is 6. The molecule has 1 amide bonds. The first kappa shape index (κ1) is 24.3. The standard InChI is InChI=1S/C29H23N3O4S2/c1-18(33)32-15-13-20-16-21(11-12-25(20)32)38(35,36)31-24-17-27(29(34)23-9-3-2-8-22(23)24)37-26-10-4-6-19-7-5-14-30-28(19)26/h2-12,14,16-17,31,34H,13,15H2,1H3. The van der Waals surface area contributed by atoms with E-state index in [-0.39, 0.29) is 16.6 Å². The monoisotopic (exact) mass is 541 g/mol. The summed E-state index contributed by atoms with van der Waals surface area (Å²) in [7, 11) is -3.96. The van der Waals surface area contributed by atoms with Gasteiger partial charge < -0.3 is 10.0 Å². The summed E-state index contributed by atoms with van der Waals surface area (Å²) >= 11 is 1.33. The van der Waals surface area contributed by atoms with Crippen LogP contribution in [-0.2, 0) is 21.2 Å². The maximum Gasteiger partial charge on any atom is 0.261 e. The fraction of sp³-hybridized carbons (Fsp3) is 0.103. The van der Waals surface area contributed by atoms with Gasteiger partial charge in [-0.2, -0.15) is 0 Å². The largest absolute Gasteiger partial charge is 0.506 e. The van der Waals surface area contributed by atoms with Gasteiger partial charge in [0.05, 0.1) is 21.0 Å². The van der Waals surface area contributed by atoms with Gasteiger partial charge in [-0.25, -0.2) is 8.42 Å². The number of para-hydroxylation sites is 1. The van der Waals surface area contributed by atoms with Crippen molar-refractivity contribution in [2.45, 2.75) is 28.0 Å². The first-order valence-electron chi connectivity index (χ1n) is 12.0. The quantitative estimate of drug-likeness (QED) is 0.267. The second kappa shape index (κ2) is 9.34. The van der Waals surface area contributed by atoms with E-state index >= 15 is 0 Å². The lowest BCUT2D eigenvalue weighted by Gasteiger charge is -2.17. The molecule has 4 aromatic carbocycles. The number of carbonyl (C=O) groups is 1. The number of aromatic hydroxyl groups is 1. The molecule has 0 saturated carbocycles. The van der Waals surface area contributed by atoms with Gasteiger partial charge in [0.1, 0.15) is 5.75 Å². The second-order valence-electron chi connectivity index (χ2n) is 9.07. The Kier molecular flexibility index (Phi) is 5.97. The molecule has 0 spiro atoms. The molecule has 0 unspecified atom stereocenters. The summed E-state index contributed by atoms with van der Waals surface area (Å²) in [5.74, 6) is 0.00260. The lowest BCUT2D eigenvalue weighted by Crippen LogP contribution is -2.25. The van der Waals surface area contributed by atoms with Crippen LogP contribution in [0.2, 0.25) is 0 Å². The van der Waals surface area contributed by atoms with Gasteiger partial charge in [0.15, 0.2) is 0 Å². The maximum absolute atomic E-state index is 13.5. The van der Waals surface area contributed by atoms with Gasteiger partial charge in [-0.3, -0.25) is 14.5 Å². The average Bonchev–Trinajstić information content (AvgIpc) is 3.35. The molecule has 1 aromatic heterocycles. The number of nitrogens with zero attached hydrogens (tertiary/aromatic N) is 2. The van der Waals surface area contributed by atoms with Crippen molar-refractivity contribution in [2.75, 3.05) is 16.2 Å². The highest BCUT2D eigenvalue weighted by atomic mass is 32.2. The van der Waals surface area contributed by atoms with Crippen LogP contribution < -0.4 is 9.62 Å². The van der Waals surface area contributed by atoms with Crippen LogP contribution in [0.1, 0.15) is 12.5 Å². The predicted molar refractivity (Wildman–Crippen MR) is 150 cm³/mol. The van der Waals surface area contributed by atoms with Gasteiger partial charge in [-0.15, -0.1) is 0 Å². The molecular formula is C29H23N3O4S2. The molecule has 1 aliphatic rings. The van der Waals surface area contributed by atoms with Gasteiger partial charge >= 0.3 is 0 Å². The third-order valence-corrected chi connectivity index (χ3v) is 9.12. The van der Waals surface area contributed by atoms with E-state index in [1.165, 1.54) is 24.8 Å². The third-order valence-electron chi connectivity index (χ3n) is 6.68. The summed E-state index contributed by atoms with van der Waals surface area (Å²) in [6, 6.07) is 23.3. The molecule has 0 atom stereocenters. The molecule has 5 aromatic rings. The van der Waals surface area contributed by atoms with Crippen molar-refractivity contribution < 1.29 is 18.3 Å². The number of benzene rings is 4. The number of pyridine rings is 1. The molecular weight excluding hydrogens is 518 g/mol. The Bertz CT molecular complexity index is 1850. The maximum atomic E-state index is 13.5. The van der Waals surface area contributed by atoms with Crippen LogP contribution in [0.25, 0.3) is 21.7 Å². The summed E-state index contributed by atoms with van der Waals surface area (Å²) < 4.78 is 29.8. The highest BCUT2D eigenvalue weighted by molar-refractivity contribution is 7.99. The zero-order valence-electron chi connectivity index (χ0n) is 20.4. The lowest BCUT2D eigenvalue weighted by molar-refractivity contribution is -0.116. The van der Waals surface area contributed by atoms with Crippen molar-refractivity contribution in [3.8, 4) is 5.75 Å². The zero-order valence-corrected chi connectivity index (χ0v) is 22.0. The van der Waals surface area contributed by atoms with Gasteiger partial charge in [0.25, 0.3) is 10.0 Å². The Morgan fingerprint density at radius 1 is 0.974 bits per heavy atom. The number of carbonyl (C=O) groups excluding carboxylic acids is 1. The van der Waals surface area contributed by atoms with Crippen molar-refractivity contribution in [1.29, 1.82) is 0 Å². The number of hydrogen-bond donors (Lipinski definition) is 2. The fourth-order valence-electron chi connectivity index (χ4n) is 4.85. The molecule has 2 heterocycles. The highest BCUT2D eigenvalue weighted by Crippen LogP contribution is 2.44. The van der Waals surface area contributed by atoms with E-state index in [2.05, 4.69) is 9.71 Å². The van der Waals surface area contributed by atoms with E-state index in [0.717, 1.165) is 27.0 Å². The fourth-order valence-corrected chi connectivity index (χ4v) is 7.00. The van der Waals surface area contributed by atoms with Crippen molar-refractivity contribution >= 4 is 60.7 Å². The predicted octanol–water partition coefficient (Wildman–Crippen LogP) is 5.95. The molecule has 2 N–H and O–H groups in total. The molecule has 0 fully saturated rings. The summed E-state index contributed by atoms with van der Waals surface area (Å²) in [4.78, 5) is 19.5. The van der Waals surface area contributed by atoms with E-state index in [4.69, 9.17) is 0 Å². The highest BCUT2D eigenvalue weighted by Gasteiger charge is 2.25. The van der Waals surface area contributed by atoms with Crippen LogP contribution >= 0.6 is 11.8 Å². The Balaban J connectivity index is 1.41. The topological polar surface area (TPSA) is 99.6 Å². The molecule has 9 heteroatoms. The van der Waals surface area contributed by atoms with Gasteiger partial charge in [0, 0.05) is 46.4 Å². The van der Waals surface area contributed by atoms with Crippen LogP contribution in [0.3, 0.4) is 0 Å². The minimum Gasteiger partial charge on any atom is -0.506 e. The second-order valence-corrected chi connectivity index (χ2v) is 11.8. The van der Waals surface area contributed by atoms with Crippen LogP contribution in [-0.4, -0.2) is 31.0 Å². The molecule has 0 bridgehead atoms. The van der Waals surface area contributed by atoms with Crippen molar-refractivity contribution in [2.24, 2.45) is 0 Å². The van der Waals surface area contributed by atoms with Gasteiger partial charge in [-0.1, -0.05) is 54.2 Å². The number of sulfonamides is 1. The number of phenolic OH excluding ortho intramolecular Hbond substituents is 1. The third kappa shape index (κ3) is 4.23. The molecule has 1 aliphatic heterocycles. The number of rotatable bonds is 5. The number of fused-ring (bicyclic) bond motifs is 3. The summed E-state index contributed by atoms with van der Waals surface area (Å²) in [5.41, 5.74) is 2.72. The number of nitrogens with one attached hydrogen (secondary N) is 1. The van der Waals surface area contributed by atoms with Crippen molar-refractivity contribution in [3.05, 3.63) is 90.6 Å². The van der Waals surface area contributed by atoms with Crippen LogP contribution in [0, 0.1) is 0 Å². The van der Waals surface area contributed by atoms with Crippen LogP contribution in [0.4, 0.5) is 11.4 Å². The molecule has 7 nitrogen and oxygen atoms in total. The Morgan fingerprint density at radius 3 is 2.58 bits per heavy atom. The average molecular weight is 542 g/mol. The number of anilines is 2. The van der Waals surface area contributed by atoms with Gasteiger partial charge in [-0.05, 0) is 48.4 Å². The van der Waals surface area contributed by atoms with E-state index < -0.39 is 10.0 Å².